The number of piperidine rings is 1. The fourth-order valence-corrected chi connectivity index (χ4v) is 6.06. The highest BCUT2D eigenvalue weighted by Gasteiger charge is 2.38. The number of anilines is 1. The molecule has 2 heterocycles. The van der Waals surface area contributed by atoms with Gasteiger partial charge in [-0.3, -0.25) is 4.79 Å². The second-order valence-electron chi connectivity index (χ2n) is 8.05. The number of amides is 1. The lowest BCUT2D eigenvalue weighted by molar-refractivity contribution is -0.120. The molecule has 1 aliphatic rings. The average Bonchev–Trinajstić information content (AvgIpc) is 3.04. The molecule has 0 radical (unpaired) electrons. The summed E-state index contributed by atoms with van der Waals surface area (Å²) in [6, 6.07) is 7.08. The number of nitrogens with zero attached hydrogens (tertiary/aromatic N) is 2. The number of carbonyl (C=O) groups is 2. The van der Waals surface area contributed by atoms with Crippen molar-refractivity contribution in [2.24, 2.45) is 13.0 Å². The lowest BCUT2D eigenvalue weighted by atomic mass is 9.97. The summed E-state index contributed by atoms with van der Waals surface area (Å²) in [6.45, 7) is 5.59. The number of aromatic nitrogens is 1. The van der Waals surface area contributed by atoms with Crippen LogP contribution in [-0.2, 0) is 26.6 Å². The third-order valence-corrected chi connectivity index (χ3v) is 8.22. The standard InChI is InChI=1S/C23H31N3O6S/c1-6-32-23(28)20-15(2)25(4)16(3)21(20)33(29,30)26-12-10-17(11-13-26)22(27)24-18-8-7-9-19(14-18)31-5/h7-9,14,17H,6,10-13H2,1-5H3,(H,24,27). The Kier molecular flexibility index (Phi) is 7.48. The fourth-order valence-electron chi connectivity index (χ4n) is 4.11. The van der Waals surface area contributed by atoms with Crippen LogP contribution in [0.5, 0.6) is 5.75 Å². The topological polar surface area (TPSA) is 107 Å². The lowest BCUT2D eigenvalue weighted by Gasteiger charge is -2.30. The molecular formula is C23H31N3O6S. The van der Waals surface area contributed by atoms with Gasteiger partial charge >= 0.3 is 5.97 Å². The van der Waals surface area contributed by atoms with Crippen LogP contribution < -0.4 is 10.1 Å². The summed E-state index contributed by atoms with van der Waals surface area (Å²) in [5.74, 6) is -0.477. The number of rotatable bonds is 7. The number of carbonyl (C=O) groups excluding carboxylic acids is 2. The van der Waals surface area contributed by atoms with Gasteiger partial charge in [0.25, 0.3) is 0 Å². The van der Waals surface area contributed by atoms with Gasteiger partial charge in [0.2, 0.25) is 15.9 Å². The molecule has 3 rings (SSSR count). The van der Waals surface area contributed by atoms with Gasteiger partial charge in [-0.1, -0.05) is 6.07 Å². The van der Waals surface area contributed by atoms with E-state index in [9.17, 15) is 18.0 Å². The molecule has 10 heteroatoms. The van der Waals surface area contributed by atoms with Crippen molar-refractivity contribution in [1.82, 2.24) is 8.87 Å². The van der Waals surface area contributed by atoms with Crippen LogP contribution in [-0.4, -0.2) is 56.0 Å². The normalized spacial score (nSPS) is 15.3. The Bertz CT molecular complexity index is 1150. The smallest absolute Gasteiger partial charge is 0.341 e. The molecule has 1 aromatic carbocycles. The van der Waals surface area contributed by atoms with Crippen molar-refractivity contribution in [2.75, 3.05) is 32.1 Å². The van der Waals surface area contributed by atoms with Crippen LogP contribution in [0.1, 0.15) is 41.5 Å². The molecule has 0 spiro atoms. The molecule has 1 saturated heterocycles. The molecule has 0 saturated carbocycles. The Morgan fingerprint density at radius 2 is 1.82 bits per heavy atom. The molecule has 0 bridgehead atoms. The van der Waals surface area contributed by atoms with Crippen LogP contribution in [0.4, 0.5) is 5.69 Å². The van der Waals surface area contributed by atoms with Crippen molar-refractivity contribution >= 4 is 27.6 Å². The van der Waals surface area contributed by atoms with E-state index in [1.807, 2.05) is 0 Å². The molecule has 1 aliphatic heterocycles. The average molecular weight is 478 g/mol. The summed E-state index contributed by atoms with van der Waals surface area (Å²) in [5, 5.41) is 2.88. The van der Waals surface area contributed by atoms with E-state index in [4.69, 9.17) is 9.47 Å². The third kappa shape index (κ3) is 4.91. The summed E-state index contributed by atoms with van der Waals surface area (Å²) in [4.78, 5) is 25.3. The van der Waals surface area contributed by atoms with Crippen LogP contribution in [0.25, 0.3) is 0 Å². The van der Waals surface area contributed by atoms with E-state index in [1.165, 1.54) is 4.31 Å². The minimum absolute atomic E-state index is 0.0137. The molecule has 1 amide bonds. The number of hydrogen-bond donors (Lipinski definition) is 1. The maximum absolute atomic E-state index is 13.5. The summed E-state index contributed by atoms with van der Waals surface area (Å²) in [6.07, 6.45) is 0.767. The third-order valence-electron chi connectivity index (χ3n) is 6.16. The Morgan fingerprint density at radius 1 is 1.15 bits per heavy atom. The Hall–Kier alpha value is -2.85. The van der Waals surface area contributed by atoms with E-state index in [0.717, 1.165) is 0 Å². The predicted molar refractivity (Wildman–Crippen MR) is 124 cm³/mol. The number of sulfonamides is 1. The number of esters is 1. The first-order valence-electron chi connectivity index (χ1n) is 10.9. The number of nitrogens with one attached hydrogen (secondary N) is 1. The first-order chi connectivity index (χ1) is 15.6. The first kappa shape index (κ1) is 24.8. The zero-order valence-electron chi connectivity index (χ0n) is 19.7. The molecule has 0 atom stereocenters. The van der Waals surface area contributed by atoms with Gasteiger partial charge in [0.15, 0.2) is 0 Å². The summed E-state index contributed by atoms with van der Waals surface area (Å²) in [5.41, 5.74) is 1.73. The molecule has 1 aromatic heterocycles. The van der Waals surface area contributed by atoms with Crippen LogP contribution in [0, 0.1) is 19.8 Å². The molecule has 1 fully saturated rings. The predicted octanol–water partition coefficient (Wildman–Crippen LogP) is 2.87. The van der Waals surface area contributed by atoms with Gasteiger partial charge in [-0.15, -0.1) is 0 Å². The van der Waals surface area contributed by atoms with Gasteiger partial charge in [0.05, 0.1) is 13.7 Å². The zero-order valence-corrected chi connectivity index (χ0v) is 20.5. The second kappa shape index (κ2) is 9.96. The number of methoxy groups -OCH3 is 1. The SMILES string of the molecule is CCOC(=O)c1c(S(=O)(=O)N2CCC(C(=O)Nc3cccc(OC)c3)CC2)c(C)n(C)c1C. The molecule has 9 nitrogen and oxygen atoms in total. The van der Waals surface area contributed by atoms with Crippen LogP contribution in [0.2, 0.25) is 0 Å². The number of hydrogen-bond acceptors (Lipinski definition) is 6. The van der Waals surface area contributed by atoms with E-state index < -0.39 is 16.0 Å². The quantitative estimate of drug-likeness (QED) is 0.615. The molecule has 0 aliphatic carbocycles. The molecular weight excluding hydrogens is 446 g/mol. The van der Waals surface area contributed by atoms with Crippen molar-refractivity contribution < 1.29 is 27.5 Å². The Labute approximate surface area is 194 Å². The minimum Gasteiger partial charge on any atom is -0.497 e. The van der Waals surface area contributed by atoms with Crippen molar-refractivity contribution in [2.45, 2.75) is 38.5 Å². The lowest BCUT2D eigenvalue weighted by Crippen LogP contribution is -2.41. The summed E-state index contributed by atoms with van der Waals surface area (Å²) >= 11 is 0. The molecule has 1 N–H and O–H groups in total. The molecule has 33 heavy (non-hydrogen) atoms. The highest BCUT2D eigenvalue weighted by molar-refractivity contribution is 7.89. The maximum Gasteiger partial charge on any atom is 0.341 e. The van der Waals surface area contributed by atoms with E-state index in [-0.39, 0.29) is 42.0 Å². The highest BCUT2D eigenvalue weighted by Crippen LogP contribution is 2.32. The van der Waals surface area contributed by atoms with Crippen LogP contribution >= 0.6 is 0 Å². The Balaban J connectivity index is 1.76. The summed E-state index contributed by atoms with van der Waals surface area (Å²) < 4.78 is 40.4. The van der Waals surface area contributed by atoms with Crippen molar-refractivity contribution in [3.8, 4) is 5.75 Å². The monoisotopic (exact) mass is 477 g/mol. The van der Waals surface area contributed by atoms with Crippen LogP contribution in [0.3, 0.4) is 0 Å². The number of ether oxygens (including phenoxy) is 2. The molecule has 2 aromatic rings. The van der Waals surface area contributed by atoms with E-state index in [1.54, 1.807) is 63.8 Å². The van der Waals surface area contributed by atoms with Gasteiger partial charge in [-0.05, 0) is 45.7 Å². The van der Waals surface area contributed by atoms with Crippen molar-refractivity contribution in [3.63, 3.8) is 0 Å². The Morgan fingerprint density at radius 3 is 2.42 bits per heavy atom. The zero-order chi connectivity index (χ0) is 24.3. The van der Waals surface area contributed by atoms with Gasteiger partial charge in [0.1, 0.15) is 16.2 Å². The maximum atomic E-state index is 13.5. The molecule has 180 valence electrons. The first-order valence-corrected chi connectivity index (χ1v) is 12.3. The van der Waals surface area contributed by atoms with Gasteiger partial charge in [-0.2, -0.15) is 4.31 Å². The molecule has 0 unspecified atom stereocenters. The van der Waals surface area contributed by atoms with E-state index in [0.29, 0.717) is 35.7 Å². The van der Waals surface area contributed by atoms with Crippen molar-refractivity contribution in [3.05, 3.63) is 41.2 Å². The minimum atomic E-state index is -3.94. The van der Waals surface area contributed by atoms with E-state index in [2.05, 4.69) is 5.32 Å². The van der Waals surface area contributed by atoms with Gasteiger partial charge < -0.3 is 19.4 Å². The van der Waals surface area contributed by atoms with Crippen molar-refractivity contribution in [1.29, 1.82) is 0 Å². The van der Waals surface area contributed by atoms with Gasteiger partial charge in [0, 0.05) is 49.2 Å². The second-order valence-corrected chi connectivity index (χ2v) is 9.93. The van der Waals surface area contributed by atoms with Gasteiger partial charge in [-0.25, -0.2) is 13.2 Å². The largest absolute Gasteiger partial charge is 0.497 e. The number of benzene rings is 1. The fraction of sp³-hybridized carbons (Fsp3) is 0.478. The van der Waals surface area contributed by atoms with E-state index >= 15 is 0 Å². The summed E-state index contributed by atoms with van der Waals surface area (Å²) in [7, 11) is -0.662. The highest BCUT2D eigenvalue weighted by atomic mass is 32.2. The van der Waals surface area contributed by atoms with Crippen LogP contribution in [0.15, 0.2) is 29.2 Å².